The highest BCUT2D eigenvalue weighted by atomic mass is 35.5. The summed E-state index contributed by atoms with van der Waals surface area (Å²) in [4.78, 5) is 26.0. The SMILES string of the molecule is Cc1ccc(Nc2nc(C)cc(N3CCN(C(=O)Cc4ccccc4Cl)CC3)n2)cc1. The summed E-state index contributed by atoms with van der Waals surface area (Å²) < 4.78 is 0. The number of aryl methyl sites for hydroxylation is 2. The highest BCUT2D eigenvalue weighted by molar-refractivity contribution is 6.31. The Bertz CT molecular complexity index is 1060. The largest absolute Gasteiger partial charge is 0.353 e. The van der Waals surface area contributed by atoms with Crippen LogP contribution in [0.2, 0.25) is 5.02 Å². The Balaban J connectivity index is 1.39. The summed E-state index contributed by atoms with van der Waals surface area (Å²) in [6.07, 6.45) is 0.330. The van der Waals surface area contributed by atoms with E-state index in [0.29, 0.717) is 30.5 Å². The van der Waals surface area contributed by atoms with Crippen LogP contribution >= 0.6 is 11.6 Å². The summed E-state index contributed by atoms with van der Waals surface area (Å²) in [7, 11) is 0. The van der Waals surface area contributed by atoms with Crippen LogP contribution in [0.15, 0.2) is 54.6 Å². The topological polar surface area (TPSA) is 61.4 Å². The summed E-state index contributed by atoms with van der Waals surface area (Å²) in [6.45, 7) is 6.81. The van der Waals surface area contributed by atoms with Gasteiger partial charge in [0.05, 0.1) is 6.42 Å². The van der Waals surface area contributed by atoms with E-state index < -0.39 is 0 Å². The van der Waals surface area contributed by atoms with Gasteiger partial charge in [-0.15, -0.1) is 0 Å². The molecule has 1 aromatic heterocycles. The first-order chi connectivity index (χ1) is 15.0. The number of piperazine rings is 1. The molecule has 1 amide bonds. The van der Waals surface area contributed by atoms with Crippen LogP contribution in [0.1, 0.15) is 16.8 Å². The fraction of sp³-hybridized carbons (Fsp3) is 0.292. The van der Waals surface area contributed by atoms with Crippen molar-refractivity contribution in [2.75, 3.05) is 36.4 Å². The maximum absolute atomic E-state index is 12.7. The van der Waals surface area contributed by atoms with E-state index in [4.69, 9.17) is 16.6 Å². The Hall–Kier alpha value is -3.12. The second kappa shape index (κ2) is 9.35. The van der Waals surface area contributed by atoms with Gasteiger partial charge in [0.15, 0.2) is 0 Å². The standard InChI is InChI=1S/C24H26ClN5O/c1-17-7-9-20(10-8-17)27-24-26-18(2)15-22(28-24)29-11-13-30(14-12-29)23(31)16-19-5-3-4-6-21(19)25/h3-10,15H,11-14,16H2,1-2H3,(H,26,27,28). The zero-order valence-corrected chi connectivity index (χ0v) is 18.6. The van der Waals surface area contributed by atoms with Crippen molar-refractivity contribution < 1.29 is 4.79 Å². The number of aromatic nitrogens is 2. The third-order valence-electron chi connectivity index (χ3n) is 5.40. The number of halogens is 1. The van der Waals surface area contributed by atoms with Crippen LogP contribution in [-0.2, 0) is 11.2 Å². The molecule has 4 rings (SSSR count). The molecule has 160 valence electrons. The second-order valence-corrected chi connectivity index (χ2v) is 8.23. The van der Waals surface area contributed by atoms with Gasteiger partial charge in [0.25, 0.3) is 0 Å². The van der Waals surface area contributed by atoms with E-state index in [0.717, 1.165) is 35.9 Å². The smallest absolute Gasteiger partial charge is 0.229 e. The van der Waals surface area contributed by atoms with Gasteiger partial charge >= 0.3 is 0 Å². The number of nitrogens with one attached hydrogen (secondary N) is 1. The van der Waals surface area contributed by atoms with Gasteiger partial charge < -0.3 is 15.1 Å². The molecule has 0 aliphatic carbocycles. The van der Waals surface area contributed by atoms with Crippen LogP contribution in [0.25, 0.3) is 0 Å². The summed E-state index contributed by atoms with van der Waals surface area (Å²) in [5.74, 6) is 1.56. The van der Waals surface area contributed by atoms with E-state index in [1.165, 1.54) is 5.56 Å². The average Bonchev–Trinajstić information content (AvgIpc) is 2.77. The van der Waals surface area contributed by atoms with Gasteiger partial charge in [0.2, 0.25) is 11.9 Å². The summed E-state index contributed by atoms with van der Waals surface area (Å²) in [5.41, 5.74) is 3.93. The lowest BCUT2D eigenvalue weighted by molar-refractivity contribution is -0.130. The molecule has 1 N–H and O–H groups in total. The molecule has 0 unspecified atom stereocenters. The zero-order valence-electron chi connectivity index (χ0n) is 17.8. The minimum Gasteiger partial charge on any atom is -0.353 e. The van der Waals surface area contributed by atoms with E-state index in [2.05, 4.69) is 34.3 Å². The quantitative estimate of drug-likeness (QED) is 0.644. The van der Waals surface area contributed by atoms with Gasteiger partial charge in [0.1, 0.15) is 5.82 Å². The molecule has 3 aromatic rings. The number of carbonyl (C=O) groups excluding carboxylic acids is 1. The Labute approximate surface area is 187 Å². The molecular formula is C24H26ClN5O. The maximum atomic E-state index is 12.7. The van der Waals surface area contributed by atoms with Crippen molar-refractivity contribution in [3.8, 4) is 0 Å². The van der Waals surface area contributed by atoms with E-state index in [1.54, 1.807) is 0 Å². The fourth-order valence-corrected chi connectivity index (χ4v) is 3.84. The van der Waals surface area contributed by atoms with Crippen molar-refractivity contribution in [2.45, 2.75) is 20.3 Å². The molecule has 0 saturated carbocycles. The zero-order chi connectivity index (χ0) is 21.8. The number of anilines is 3. The van der Waals surface area contributed by atoms with Gasteiger partial charge in [-0.1, -0.05) is 47.5 Å². The number of hydrogen-bond acceptors (Lipinski definition) is 5. The lowest BCUT2D eigenvalue weighted by Gasteiger charge is -2.35. The normalized spacial score (nSPS) is 13.9. The van der Waals surface area contributed by atoms with Crippen LogP contribution < -0.4 is 10.2 Å². The minimum absolute atomic E-state index is 0.105. The molecule has 6 nitrogen and oxygen atoms in total. The van der Waals surface area contributed by atoms with Gasteiger partial charge in [0, 0.05) is 48.6 Å². The van der Waals surface area contributed by atoms with Gasteiger partial charge in [-0.25, -0.2) is 4.98 Å². The molecule has 2 aromatic carbocycles. The molecule has 1 saturated heterocycles. The summed E-state index contributed by atoms with van der Waals surface area (Å²) in [6, 6.07) is 17.6. The maximum Gasteiger partial charge on any atom is 0.229 e. The number of nitrogens with zero attached hydrogens (tertiary/aromatic N) is 4. The number of carbonyl (C=O) groups is 1. The molecule has 1 aliphatic rings. The van der Waals surface area contributed by atoms with Crippen LogP contribution in [0, 0.1) is 13.8 Å². The van der Waals surface area contributed by atoms with Crippen LogP contribution in [0.3, 0.4) is 0 Å². The van der Waals surface area contributed by atoms with E-state index in [9.17, 15) is 4.79 Å². The number of rotatable bonds is 5. The fourth-order valence-electron chi connectivity index (χ4n) is 3.64. The van der Waals surface area contributed by atoms with Gasteiger partial charge in [-0.2, -0.15) is 4.98 Å². The number of hydrogen-bond donors (Lipinski definition) is 1. The van der Waals surface area contributed by atoms with Crippen LogP contribution in [0.5, 0.6) is 0 Å². The second-order valence-electron chi connectivity index (χ2n) is 7.82. The van der Waals surface area contributed by atoms with Crippen molar-refractivity contribution in [3.05, 3.63) is 76.4 Å². The highest BCUT2D eigenvalue weighted by Crippen LogP contribution is 2.21. The molecule has 7 heteroatoms. The Morgan fingerprint density at radius 1 is 1.00 bits per heavy atom. The lowest BCUT2D eigenvalue weighted by Crippen LogP contribution is -2.49. The van der Waals surface area contributed by atoms with Gasteiger partial charge in [-0.3, -0.25) is 4.79 Å². The van der Waals surface area contributed by atoms with Crippen molar-refractivity contribution >= 4 is 35.0 Å². The number of amides is 1. The van der Waals surface area contributed by atoms with Crippen LogP contribution in [-0.4, -0.2) is 47.0 Å². The molecule has 0 radical (unpaired) electrons. The van der Waals surface area contributed by atoms with Crippen LogP contribution in [0.4, 0.5) is 17.5 Å². The van der Waals surface area contributed by atoms with Crippen molar-refractivity contribution in [2.24, 2.45) is 0 Å². The Kier molecular flexibility index (Phi) is 6.37. The minimum atomic E-state index is 0.105. The third-order valence-corrected chi connectivity index (χ3v) is 5.77. The average molecular weight is 436 g/mol. The molecule has 0 atom stereocenters. The molecular weight excluding hydrogens is 410 g/mol. The van der Waals surface area contributed by atoms with E-state index in [1.807, 2.05) is 54.3 Å². The summed E-state index contributed by atoms with van der Waals surface area (Å²) >= 11 is 6.21. The molecule has 0 bridgehead atoms. The first kappa shape index (κ1) is 21.1. The first-order valence-corrected chi connectivity index (χ1v) is 10.8. The molecule has 0 spiro atoms. The molecule has 2 heterocycles. The Morgan fingerprint density at radius 2 is 1.71 bits per heavy atom. The predicted molar refractivity (Wildman–Crippen MR) is 125 cm³/mol. The van der Waals surface area contributed by atoms with E-state index >= 15 is 0 Å². The van der Waals surface area contributed by atoms with E-state index in [-0.39, 0.29) is 5.91 Å². The molecule has 1 fully saturated rings. The predicted octanol–water partition coefficient (Wildman–Crippen LogP) is 4.38. The van der Waals surface area contributed by atoms with Gasteiger partial charge in [-0.05, 0) is 37.6 Å². The van der Waals surface area contributed by atoms with Crippen molar-refractivity contribution in [3.63, 3.8) is 0 Å². The Morgan fingerprint density at radius 3 is 2.42 bits per heavy atom. The molecule has 31 heavy (non-hydrogen) atoms. The van der Waals surface area contributed by atoms with Crippen molar-refractivity contribution in [1.82, 2.24) is 14.9 Å². The number of benzene rings is 2. The third kappa shape index (κ3) is 5.33. The lowest BCUT2D eigenvalue weighted by atomic mass is 10.1. The van der Waals surface area contributed by atoms with Crippen molar-refractivity contribution in [1.29, 1.82) is 0 Å². The molecule has 1 aliphatic heterocycles. The highest BCUT2D eigenvalue weighted by Gasteiger charge is 2.23. The first-order valence-electron chi connectivity index (χ1n) is 10.4. The monoisotopic (exact) mass is 435 g/mol. The summed E-state index contributed by atoms with van der Waals surface area (Å²) in [5, 5.41) is 3.92.